The molecule has 0 heterocycles. The summed E-state index contributed by atoms with van der Waals surface area (Å²) in [5.74, 6) is 0.360. The summed E-state index contributed by atoms with van der Waals surface area (Å²) >= 11 is 0. The van der Waals surface area contributed by atoms with Crippen molar-refractivity contribution in [3.05, 3.63) is 0 Å². The lowest BCUT2D eigenvalue weighted by Gasteiger charge is -2.17. The lowest BCUT2D eigenvalue weighted by Crippen LogP contribution is -2.33. The molecule has 12 heavy (non-hydrogen) atoms. The molecule has 4 heteroatoms. The molecule has 2 atom stereocenters. The average Bonchev–Trinajstić information content (AvgIpc) is 2.84. The largest absolute Gasteiger partial charge is 0.392 e. The monoisotopic (exact) mass is 192 g/mol. The van der Waals surface area contributed by atoms with Gasteiger partial charge in [-0.05, 0) is 25.7 Å². The van der Waals surface area contributed by atoms with E-state index in [1.54, 1.807) is 13.8 Å². The highest BCUT2D eigenvalue weighted by Gasteiger charge is 2.38. The lowest BCUT2D eigenvalue weighted by molar-refractivity contribution is 0.149. The summed E-state index contributed by atoms with van der Waals surface area (Å²) in [7, 11) is -3.05. The van der Waals surface area contributed by atoms with Crippen LogP contribution in [-0.2, 0) is 9.84 Å². The molecule has 1 rings (SSSR count). The molecule has 0 amide bonds. The summed E-state index contributed by atoms with van der Waals surface area (Å²) in [5, 5.41) is 8.96. The van der Waals surface area contributed by atoms with E-state index in [1.165, 1.54) is 0 Å². The normalized spacial score (nSPS) is 23.6. The van der Waals surface area contributed by atoms with Crippen molar-refractivity contribution in [2.75, 3.05) is 5.75 Å². The van der Waals surface area contributed by atoms with Crippen molar-refractivity contribution in [3.63, 3.8) is 0 Å². The van der Waals surface area contributed by atoms with E-state index in [0.29, 0.717) is 0 Å². The molecule has 0 saturated heterocycles. The maximum Gasteiger partial charge on any atom is 0.155 e. The van der Waals surface area contributed by atoms with Crippen LogP contribution in [0, 0.1) is 5.92 Å². The summed E-state index contributed by atoms with van der Waals surface area (Å²) in [6, 6.07) is 0. The second-order valence-corrected chi connectivity index (χ2v) is 6.13. The van der Waals surface area contributed by atoms with E-state index < -0.39 is 21.2 Å². The first-order chi connectivity index (χ1) is 5.49. The quantitative estimate of drug-likeness (QED) is 0.709. The average molecular weight is 192 g/mol. The Kier molecular flexibility index (Phi) is 2.78. The number of hydrogen-bond donors (Lipinski definition) is 1. The minimum absolute atomic E-state index is 0.123. The predicted molar refractivity (Wildman–Crippen MR) is 47.7 cm³/mol. The summed E-state index contributed by atoms with van der Waals surface area (Å²) in [6.07, 6.45) is 1.31. The lowest BCUT2D eigenvalue weighted by atomic mass is 10.2. The van der Waals surface area contributed by atoms with E-state index in [4.69, 9.17) is 0 Å². The third kappa shape index (κ3) is 1.98. The second-order valence-electron chi connectivity index (χ2n) is 3.48. The van der Waals surface area contributed by atoms with Crippen molar-refractivity contribution in [2.45, 2.75) is 38.0 Å². The molecule has 72 valence electrons. The van der Waals surface area contributed by atoms with Gasteiger partial charge in [0, 0.05) is 5.75 Å². The molecule has 0 spiro atoms. The van der Waals surface area contributed by atoms with Gasteiger partial charge in [-0.15, -0.1) is 0 Å². The third-order valence-electron chi connectivity index (χ3n) is 2.55. The van der Waals surface area contributed by atoms with Crippen molar-refractivity contribution in [1.82, 2.24) is 0 Å². The smallest absolute Gasteiger partial charge is 0.155 e. The maximum atomic E-state index is 11.3. The van der Waals surface area contributed by atoms with Gasteiger partial charge in [0.2, 0.25) is 0 Å². The first-order valence-electron chi connectivity index (χ1n) is 4.38. The van der Waals surface area contributed by atoms with Gasteiger partial charge in [-0.25, -0.2) is 8.42 Å². The second kappa shape index (κ2) is 3.34. The van der Waals surface area contributed by atoms with Gasteiger partial charge in [0.15, 0.2) is 9.84 Å². The molecule has 0 aromatic heterocycles. The van der Waals surface area contributed by atoms with E-state index in [-0.39, 0.29) is 11.7 Å². The van der Waals surface area contributed by atoms with Gasteiger partial charge in [-0.3, -0.25) is 0 Å². The minimum atomic E-state index is -3.05. The first-order valence-corrected chi connectivity index (χ1v) is 6.10. The summed E-state index contributed by atoms with van der Waals surface area (Å²) in [5.41, 5.74) is 0. The number of sulfone groups is 1. The van der Waals surface area contributed by atoms with Crippen molar-refractivity contribution in [3.8, 4) is 0 Å². The Labute approximate surface area is 73.7 Å². The fourth-order valence-electron chi connectivity index (χ4n) is 1.30. The Morgan fingerprint density at radius 1 is 1.50 bits per heavy atom. The zero-order valence-corrected chi connectivity index (χ0v) is 8.34. The molecule has 0 radical (unpaired) electrons. The highest BCUT2D eigenvalue weighted by molar-refractivity contribution is 7.92. The van der Waals surface area contributed by atoms with Crippen LogP contribution < -0.4 is 0 Å². The standard InChI is InChI=1S/C8H16O3S/c1-3-12(10,11)6(2)8(9)7-4-5-7/h6-9H,3-5H2,1-2H3/t6-,8+/m0/s1. The van der Waals surface area contributed by atoms with E-state index in [9.17, 15) is 13.5 Å². The summed E-state index contributed by atoms with van der Waals surface area (Å²) in [4.78, 5) is 0. The van der Waals surface area contributed by atoms with Gasteiger partial charge in [-0.1, -0.05) is 6.92 Å². The van der Waals surface area contributed by atoms with Crippen LogP contribution in [0.15, 0.2) is 0 Å². The van der Waals surface area contributed by atoms with Crippen LogP contribution in [0.5, 0.6) is 0 Å². The molecule has 1 aliphatic carbocycles. The van der Waals surface area contributed by atoms with Crippen molar-refractivity contribution in [2.24, 2.45) is 5.92 Å². The van der Waals surface area contributed by atoms with E-state index >= 15 is 0 Å². The van der Waals surface area contributed by atoms with Crippen molar-refractivity contribution < 1.29 is 13.5 Å². The van der Waals surface area contributed by atoms with E-state index in [1.807, 2.05) is 0 Å². The maximum absolute atomic E-state index is 11.3. The zero-order chi connectivity index (χ0) is 9.35. The van der Waals surface area contributed by atoms with Crippen LogP contribution in [0.4, 0.5) is 0 Å². The molecule has 1 fully saturated rings. The van der Waals surface area contributed by atoms with Crippen LogP contribution in [0.25, 0.3) is 0 Å². The van der Waals surface area contributed by atoms with Crippen molar-refractivity contribution >= 4 is 9.84 Å². The van der Waals surface area contributed by atoms with Crippen molar-refractivity contribution in [1.29, 1.82) is 0 Å². The fraction of sp³-hybridized carbons (Fsp3) is 1.00. The minimum Gasteiger partial charge on any atom is -0.392 e. The Morgan fingerprint density at radius 3 is 2.33 bits per heavy atom. The third-order valence-corrected chi connectivity index (χ3v) is 4.77. The Bertz CT molecular complexity index is 241. The van der Waals surface area contributed by atoms with Gasteiger partial charge in [0.1, 0.15) is 0 Å². The SMILES string of the molecule is CCS(=O)(=O)[C@@H](C)[C@@H](O)C1CC1. The van der Waals surface area contributed by atoms with E-state index in [2.05, 4.69) is 0 Å². The first kappa shape index (κ1) is 9.99. The molecule has 0 unspecified atom stereocenters. The Hall–Kier alpha value is -0.0900. The molecule has 0 aliphatic heterocycles. The number of aliphatic hydroxyl groups is 1. The molecular weight excluding hydrogens is 176 g/mol. The topological polar surface area (TPSA) is 54.4 Å². The van der Waals surface area contributed by atoms with Gasteiger partial charge in [0.25, 0.3) is 0 Å². The Morgan fingerprint density at radius 2 is 2.00 bits per heavy atom. The predicted octanol–water partition coefficient (Wildman–Crippen LogP) is 0.581. The molecule has 1 saturated carbocycles. The highest BCUT2D eigenvalue weighted by Crippen LogP contribution is 2.35. The van der Waals surface area contributed by atoms with Gasteiger partial charge >= 0.3 is 0 Å². The van der Waals surface area contributed by atoms with Crippen LogP contribution in [0.2, 0.25) is 0 Å². The molecule has 0 bridgehead atoms. The number of hydrogen-bond acceptors (Lipinski definition) is 3. The molecule has 0 aromatic rings. The van der Waals surface area contributed by atoms with Crippen LogP contribution in [0.3, 0.4) is 0 Å². The summed E-state index contributed by atoms with van der Waals surface area (Å²) < 4.78 is 22.6. The van der Waals surface area contributed by atoms with Crippen LogP contribution >= 0.6 is 0 Å². The Balaban J connectivity index is 2.62. The fourth-order valence-corrected chi connectivity index (χ4v) is 2.47. The molecule has 3 nitrogen and oxygen atoms in total. The van der Waals surface area contributed by atoms with Gasteiger partial charge in [-0.2, -0.15) is 0 Å². The van der Waals surface area contributed by atoms with Gasteiger partial charge in [0.05, 0.1) is 11.4 Å². The number of rotatable bonds is 4. The number of aliphatic hydroxyl groups excluding tert-OH is 1. The molecule has 1 aliphatic rings. The van der Waals surface area contributed by atoms with Gasteiger partial charge < -0.3 is 5.11 Å². The zero-order valence-electron chi connectivity index (χ0n) is 7.53. The summed E-state index contributed by atoms with van der Waals surface area (Å²) in [6.45, 7) is 3.22. The molecule has 1 N–H and O–H groups in total. The van der Waals surface area contributed by atoms with Crippen LogP contribution in [0.1, 0.15) is 26.7 Å². The van der Waals surface area contributed by atoms with E-state index in [0.717, 1.165) is 12.8 Å². The highest BCUT2D eigenvalue weighted by atomic mass is 32.2. The van der Waals surface area contributed by atoms with Crippen LogP contribution in [-0.4, -0.2) is 30.6 Å². The molecular formula is C8H16O3S. The molecule has 0 aromatic carbocycles.